The highest BCUT2D eigenvalue weighted by molar-refractivity contribution is 5.53. The Kier molecular flexibility index (Phi) is 4.01. The van der Waals surface area contributed by atoms with Gasteiger partial charge in [0.25, 0.3) is 0 Å². The maximum Gasteiger partial charge on any atom is 0.239 e. The van der Waals surface area contributed by atoms with E-state index in [1.54, 1.807) is 24.4 Å². The lowest BCUT2D eigenvalue weighted by molar-refractivity contribution is 0.307. The number of nitrogen functional groups attached to an aromatic ring is 1. The fraction of sp³-hybridized carbons (Fsp3) is 0.333. The van der Waals surface area contributed by atoms with E-state index in [2.05, 4.69) is 15.5 Å². The maximum absolute atomic E-state index is 5.78. The van der Waals surface area contributed by atoms with Gasteiger partial charge in [-0.15, -0.1) is 0 Å². The van der Waals surface area contributed by atoms with Crippen molar-refractivity contribution < 1.29 is 9.26 Å². The predicted molar refractivity (Wildman–Crippen MR) is 68.3 cm³/mol. The van der Waals surface area contributed by atoms with Crippen LogP contribution in [-0.4, -0.2) is 16.7 Å². The van der Waals surface area contributed by atoms with E-state index >= 15 is 0 Å². The number of rotatable bonds is 6. The Balaban J connectivity index is 2.00. The number of nitrogens with two attached hydrogens (primary N) is 1. The fourth-order valence-electron chi connectivity index (χ4n) is 1.38. The smallest absolute Gasteiger partial charge is 0.239 e. The zero-order valence-electron chi connectivity index (χ0n) is 10.2. The lowest BCUT2D eigenvalue weighted by atomic mass is 10.4. The number of hydrogen-bond acceptors (Lipinski definition) is 6. The molecule has 0 fully saturated rings. The molecule has 2 aromatic rings. The highest BCUT2D eigenvalue weighted by Gasteiger charge is 2.04. The van der Waals surface area contributed by atoms with Crippen LogP contribution in [0.1, 0.15) is 19.1 Å². The monoisotopic (exact) mass is 248 g/mol. The molecule has 6 nitrogen and oxygen atoms in total. The number of nitrogens with one attached hydrogen (secondary N) is 1. The van der Waals surface area contributed by atoms with Crippen LogP contribution >= 0.6 is 0 Å². The van der Waals surface area contributed by atoms with Gasteiger partial charge in [0.2, 0.25) is 5.88 Å². The van der Waals surface area contributed by atoms with Crippen molar-refractivity contribution in [2.45, 2.75) is 19.9 Å². The molecule has 3 N–H and O–H groups in total. The van der Waals surface area contributed by atoms with Crippen LogP contribution in [0.2, 0.25) is 0 Å². The highest BCUT2D eigenvalue weighted by Crippen LogP contribution is 2.21. The first-order valence-electron chi connectivity index (χ1n) is 5.82. The zero-order valence-corrected chi connectivity index (χ0v) is 10.2. The third kappa shape index (κ3) is 3.13. The summed E-state index contributed by atoms with van der Waals surface area (Å²) in [5.41, 5.74) is 6.31. The van der Waals surface area contributed by atoms with Crippen LogP contribution in [0.4, 0.5) is 11.5 Å². The van der Waals surface area contributed by atoms with Crippen LogP contribution in [0, 0.1) is 0 Å². The molecule has 0 bridgehead atoms. The first-order chi connectivity index (χ1) is 8.79. The average Bonchev–Trinajstić information content (AvgIpc) is 2.89. The van der Waals surface area contributed by atoms with Gasteiger partial charge in [0, 0.05) is 6.07 Å². The van der Waals surface area contributed by atoms with E-state index in [0.717, 1.165) is 12.2 Å². The van der Waals surface area contributed by atoms with E-state index in [9.17, 15) is 0 Å². The Labute approximate surface area is 105 Å². The number of anilines is 2. The predicted octanol–water partition coefficient (Wildman–Crippen LogP) is 2.05. The molecular formula is C12H16N4O2. The maximum atomic E-state index is 5.78. The van der Waals surface area contributed by atoms with Gasteiger partial charge in [-0.2, -0.15) is 4.98 Å². The van der Waals surface area contributed by atoms with Crippen molar-refractivity contribution >= 4 is 11.5 Å². The normalized spacial score (nSPS) is 10.3. The Morgan fingerprint density at radius 2 is 2.28 bits per heavy atom. The zero-order chi connectivity index (χ0) is 12.8. The summed E-state index contributed by atoms with van der Waals surface area (Å²) in [5.74, 6) is 1.88. The minimum atomic E-state index is 0.458. The average molecular weight is 248 g/mol. The van der Waals surface area contributed by atoms with Crippen LogP contribution in [-0.2, 0) is 6.54 Å². The minimum absolute atomic E-state index is 0.458. The van der Waals surface area contributed by atoms with Gasteiger partial charge in [0.1, 0.15) is 5.82 Å². The topological polar surface area (TPSA) is 86.2 Å². The number of nitrogens with zero attached hydrogens (tertiary/aromatic N) is 2. The molecule has 2 rings (SSSR count). The lowest BCUT2D eigenvalue weighted by Gasteiger charge is -2.09. The molecule has 0 aliphatic heterocycles. The third-order valence-corrected chi connectivity index (χ3v) is 2.27. The van der Waals surface area contributed by atoms with Crippen molar-refractivity contribution in [2.75, 3.05) is 17.7 Å². The van der Waals surface area contributed by atoms with Crippen LogP contribution < -0.4 is 15.8 Å². The summed E-state index contributed by atoms with van der Waals surface area (Å²) < 4.78 is 10.4. The molecule has 2 heterocycles. The molecule has 0 saturated heterocycles. The molecule has 0 amide bonds. The standard InChI is InChI=1S/C12H16N4O2/c1-2-7-17-12-10(13)3-4-11(16-12)14-8-9-5-6-15-18-9/h3-6H,2,7-8,13H2,1H3,(H,14,16). The van der Waals surface area contributed by atoms with Gasteiger partial charge >= 0.3 is 0 Å². The molecule has 0 radical (unpaired) electrons. The van der Waals surface area contributed by atoms with Crippen molar-refractivity contribution in [1.29, 1.82) is 0 Å². The van der Waals surface area contributed by atoms with E-state index in [4.69, 9.17) is 15.0 Å². The molecule has 0 aliphatic rings. The van der Waals surface area contributed by atoms with E-state index in [-0.39, 0.29) is 0 Å². The fourth-order valence-corrected chi connectivity index (χ4v) is 1.38. The van der Waals surface area contributed by atoms with Crippen LogP contribution in [0.5, 0.6) is 5.88 Å². The number of pyridine rings is 1. The van der Waals surface area contributed by atoms with Crippen LogP contribution in [0.3, 0.4) is 0 Å². The summed E-state index contributed by atoms with van der Waals surface area (Å²) >= 11 is 0. The molecule has 96 valence electrons. The van der Waals surface area contributed by atoms with Crippen molar-refractivity contribution in [3.63, 3.8) is 0 Å². The molecule has 6 heteroatoms. The Bertz CT molecular complexity index is 485. The quantitative estimate of drug-likeness (QED) is 0.813. The van der Waals surface area contributed by atoms with Crippen molar-refractivity contribution in [1.82, 2.24) is 10.1 Å². The molecule has 2 aromatic heterocycles. The van der Waals surface area contributed by atoms with Gasteiger partial charge in [-0.05, 0) is 18.6 Å². The summed E-state index contributed by atoms with van der Waals surface area (Å²) in [7, 11) is 0. The second-order valence-corrected chi connectivity index (χ2v) is 3.77. The van der Waals surface area contributed by atoms with Gasteiger partial charge in [-0.25, -0.2) is 0 Å². The van der Waals surface area contributed by atoms with E-state index in [1.807, 2.05) is 6.92 Å². The molecule has 0 aliphatic carbocycles. The molecule has 18 heavy (non-hydrogen) atoms. The van der Waals surface area contributed by atoms with Gasteiger partial charge in [0.05, 0.1) is 25.0 Å². The molecule has 0 unspecified atom stereocenters. The SMILES string of the molecule is CCCOc1nc(NCc2ccno2)ccc1N. The Hall–Kier alpha value is -2.24. The Morgan fingerprint density at radius 1 is 1.39 bits per heavy atom. The molecule has 0 saturated carbocycles. The Morgan fingerprint density at radius 3 is 3.00 bits per heavy atom. The number of aromatic nitrogens is 2. The second-order valence-electron chi connectivity index (χ2n) is 3.77. The third-order valence-electron chi connectivity index (χ3n) is 2.27. The van der Waals surface area contributed by atoms with Crippen molar-refractivity contribution in [3.8, 4) is 5.88 Å². The summed E-state index contributed by atoms with van der Waals surface area (Å²) in [6.07, 6.45) is 2.51. The summed E-state index contributed by atoms with van der Waals surface area (Å²) in [6, 6.07) is 5.35. The van der Waals surface area contributed by atoms with Crippen LogP contribution in [0.15, 0.2) is 28.9 Å². The molecular weight excluding hydrogens is 232 g/mol. The largest absolute Gasteiger partial charge is 0.476 e. The van der Waals surface area contributed by atoms with Crippen molar-refractivity contribution in [3.05, 3.63) is 30.2 Å². The summed E-state index contributed by atoms with van der Waals surface area (Å²) in [5, 5.41) is 6.74. The van der Waals surface area contributed by atoms with Crippen LogP contribution in [0.25, 0.3) is 0 Å². The van der Waals surface area contributed by atoms with Gasteiger partial charge in [0.15, 0.2) is 5.76 Å². The number of ether oxygens (including phenoxy) is 1. The summed E-state index contributed by atoms with van der Waals surface area (Å²) in [4.78, 5) is 4.29. The van der Waals surface area contributed by atoms with Crippen molar-refractivity contribution in [2.24, 2.45) is 0 Å². The van der Waals surface area contributed by atoms with Gasteiger partial charge in [-0.3, -0.25) is 0 Å². The first kappa shape index (κ1) is 12.2. The number of hydrogen-bond donors (Lipinski definition) is 2. The summed E-state index contributed by atoms with van der Waals surface area (Å²) in [6.45, 7) is 3.15. The van der Waals surface area contributed by atoms with Gasteiger partial charge in [-0.1, -0.05) is 12.1 Å². The second kappa shape index (κ2) is 5.90. The van der Waals surface area contributed by atoms with E-state index in [0.29, 0.717) is 30.5 Å². The molecule has 0 atom stereocenters. The van der Waals surface area contributed by atoms with Gasteiger partial charge < -0.3 is 20.3 Å². The lowest BCUT2D eigenvalue weighted by Crippen LogP contribution is -2.05. The molecule has 0 aromatic carbocycles. The highest BCUT2D eigenvalue weighted by atomic mass is 16.5. The van der Waals surface area contributed by atoms with E-state index < -0.39 is 0 Å². The molecule has 0 spiro atoms. The van der Waals surface area contributed by atoms with E-state index in [1.165, 1.54) is 0 Å². The minimum Gasteiger partial charge on any atom is -0.476 e. The first-order valence-corrected chi connectivity index (χ1v) is 5.82.